The van der Waals surface area contributed by atoms with Gasteiger partial charge in [0.1, 0.15) is 6.54 Å². The molecule has 1 saturated heterocycles. The second-order valence-corrected chi connectivity index (χ2v) is 9.52. The number of hydrogen-bond donors (Lipinski definition) is 1. The molecule has 168 valence electrons. The summed E-state index contributed by atoms with van der Waals surface area (Å²) in [6.45, 7) is 5.00. The van der Waals surface area contributed by atoms with Crippen molar-refractivity contribution in [1.29, 1.82) is 0 Å². The molecule has 9 nitrogen and oxygen atoms in total. The highest BCUT2D eigenvalue weighted by molar-refractivity contribution is 7.89. The average Bonchev–Trinajstić information content (AvgIpc) is 2.81. The highest BCUT2D eigenvalue weighted by Crippen LogP contribution is 2.21. The van der Waals surface area contributed by atoms with Crippen molar-refractivity contribution in [3.05, 3.63) is 65.1 Å². The zero-order valence-corrected chi connectivity index (χ0v) is 18.6. The fourth-order valence-corrected chi connectivity index (χ4v) is 5.26. The Bertz CT molecular complexity index is 1300. The third-order valence-electron chi connectivity index (χ3n) is 5.59. The molecule has 1 aliphatic rings. The summed E-state index contributed by atoms with van der Waals surface area (Å²) < 4.78 is 28.9. The van der Waals surface area contributed by atoms with Crippen molar-refractivity contribution < 1.29 is 13.2 Å². The Morgan fingerprint density at radius 1 is 1.06 bits per heavy atom. The van der Waals surface area contributed by atoms with Gasteiger partial charge >= 0.3 is 0 Å². The number of benzene rings is 2. The van der Waals surface area contributed by atoms with Gasteiger partial charge in [-0.15, -0.1) is 0 Å². The highest BCUT2D eigenvalue weighted by Gasteiger charge is 2.28. The predicted octanol–water partition coefficient (Wildman–Crippen LogP) is 1.36. The number of carbonyl (C=O) groups excluding carboxylic acids is 1. The standard InChI is InChI=1S/C22H25N5O4S/c1-2-25-10-12-26(13-11-25)32(30,31)18-7-5-6-17(14-18)24-21(28)16-27-20-9-4-3-8-19(20)23-15-22(27)29/h3-9,14-15H,2,10-13,16H2,1H3,(H,24,28). The molecule has 2 aromatic carbocycles. The van der Waals surface area contributed by atoms with Crippen LogP contribution >= 0.6 is 0 Å². The molecule has 1 fully saturated rings. The Morgan fingerprint density at radius 2 is 1.81 bits per heavy atom. The van der Waals surface area contributed by atoms with Gasteiger partial charge in [0.15, 0.2) is 0 Å². The van der Waals surface area contributed by atoms with Crippen molar-refractivity contribution in [2.75, 3.05) is 38.0 Å². The van der Waals surface area contributed by atoms with Crippen LogP contribution in [0.2, 0.25) is 0 Å². The lowest BCUT2D eigenvalue weighted by molar-refractivity contribution is -0.116. The van der Waals surface area contributed by atoms with Gasteiger partial charge in [0.2, 0.25) is 15.9 Å². The Morgan fingerprint density at radius 3 is 2.56 bits per heavy atom. The zero-order valence-electron chi connectivity index (χ0n) is 17.8. The number of para-hydroxylation sites is 2. The molecule has 0 spiro atoms. The topological polar surface area (TPSA) is 105 Å². The van der Waals surface area contributed by atoms with Gasteiger partial charge in [-0.05, 0) is 36.9 Å². The molecule has 32 heavy (non-hydrogen) atoms. The van der Waals surface area contributed by atoms with Crippen molar-refractivity contribution in [3.63, 3.8) is 0 Å². The predicted molar refractivity (Wildman–Crippen MR) is 122 cm³/mol. The number of nitrogens with one attached hydrogen (secondary N) is 1. The summed E-state index contributed by atoms with van der Waals surface area (Å²) in [6, 6.07) is 13.3. The van der Waals surface area contributed by atoms with Gasteiger partial charge in [0, 0.05) is 31.9 Å². The molecule has 1 N–H and O–H groups in total. The lowest BCUT2D eigenvalue weighted by Gasteiger charge is -2.33. The van der Waals surface area contributed by atoms with Gasteiger partial charge in [-0.2, -0.15) is 4.31 Å². The normalized spacial score (nSPS) is 15.7. The van der Waals surface area contributed by atoms with Gasteiger partial charge in [0.05, 0.1) is 22.1 Å². The summed E-state index contributed by atoms with van der Waals surface area (Å²) in [4.78, 5) is 31.3. The molecule has 1 amide bonds. The van der Waals surface area contributed by atoms with Gasteiger partial charge in [-0.1, -0.05) is 25.1 Å². The fraction of sp³-hybridized carbons (Fsp3) is 0.318. The summed E-state index contributed by atoms with van der Waals surface area (Å²) in [5.41, 5.74) is 1.13. The molecule has 4 rings (SSSR count). The Labute approximate surface area is 186 Å². The van der Waals surface area contributed by atoms with Crippen LogP contribution < -0.4 is 10.9 Å². The molecule has 3 aromatic rings. The summed E-state index contributed by atoms with van der Waals surface area (Å²) in [5.74, 6) is -0.436. The average molecular weight is 456 g/mol. The monoisotopic (exact) mass is 455 g/mol. The van der Waals surface area contributed by atoms with E-state index in [2.05, 4.69) is 22.1 Å². The van der Waals surface area contributed by atoms with E-state index in [-0.39, 0.29) is 17.0 Å². The molecule has 0 unspecified atom stereocenters. The van der Waals surface area contributed by atoms with E-state index < -0.39 is 15.9 Å². The van der Waals surface area contributed by atoms with Crippen molar-refractivity contribution in [2.45, 2.75) is 18.4 Å². The minimum atomic E-state index is -3.65. The Balaban J connectivity index is 1.51. The lowest BCUT2D eigenvalue weighted by atomic mass is 10.3. The van der Waals surface area contributed by atoms with Crippen LogP contribution in [0.5, 0.6) is 0 Å². The van der Waals surface area contributed by atoms with Crippen LogP contribution in [-0.2, 0) is 21.4 Å². The zero-order chi connectivity index (χ0) is 22.7. The maximum atomic E-state index is 13.0. The SMILES string of the molecule is CCN1CCN(S(=O)(=O)c2cccc(NC(=O)Cn3c(=O)cnc4ccccc43)c2)CC1. The Kier molecular flexibility index (Phi) is 6.35. The molecule has 0 radical (unpaired) electrons. The lowest BCUT2D eigenvalue weighted by Crippen LogP contribution is -2.48. The molecular formula is C22H25N5O4S. The van der Waals surface area contributed by atoms with Crippen LogP contribution in [0.15, 0.2) is 64.4 Å². The number of fused-ring (bicyclic) bond motifs is 1. The highest BCUT2D eigenvalue weighted by atomic mass is 32.2. The van der Waals surface area contributed by atoms with Crippen LogP contribution in [-0.4, -0.2) is 65.8 Å². The summed E-state index contributed by atoms with van der Waals surface area (Å²) in [5, 5.41) is 2.70. The van der Waals surface area contributed by atoms with E-state index in [1.807, 2.05) is 0 Å². The van der Waals surface area contributed by atoms with Crippen LogP contribution in [0, 0.1) is 0 Å². The van der Waals surface area contributed by atoms with Crippen LogP contribution in [0.25, 0.3) is 11.0 Å². The van der Waals surface area contributed by atoms with Gasteiger partial charge in [-0.25, -0.2) is 13.4 Å². The third kappa shape index (κ3) is 4.57. The molecule has 1 aromatic heterocycles. The first-order chi connectivity index (χ1) is 15.4. The van der Waals surface area contributed by atoms with Crippen molar-refractivity contribution in [2.24, 2.45) is 0 Å². The largest absolute Gasteiger partial charge is 0.324 e. The van der Waals surface area contributed by atoms with Crippen molar-refractivity contribution in [3.8, 4) is 0 Å². The van der Waals surface area contributed by atoms with E-state index in [4.69, 9.17) is 0 Å². The van der Waals surface area contributed by atoms with E-state index in [1.165, 1.54) is 27.2 Å². The molecule has 0 atom stereocenters. The maximum absolute atomic E-state index is 13.0. The first kappa shape index (κ1) is 22.1. The second kappa shape index (κ2) is 9.19. The number of rotatable bonds is 6. The summed E-state index contributed by atoms with van der Waals surface area (Å²) in [6.07, 6.45) is 1.18. The molecular weight excluding hydrogens is 430 g/mol. The van der Waals surface area contributed by atoms with Gasteiger partial charge in [-0.3, -0.25) is 14.2 Å². The summed E-state index contributed by atoms with van der Waals surface area (Å²) >= 11 is 0. The van der Waals surface area contributed by atoms with Crippen molar-refractivity contribution in [1.82, 2.24) is 18.8 Å². The molecule has 0 aliphatic carbocycles. The quantitative estimate of drug-likeness (QED) is 0.602. The number of hydrogen-bond acceptors (Lipinski definition) is 6. The van der Waals surface area contributed by atoms with Crippen LogP contribution in [0.4, 0.5) is 5.69 Å². The molecule has 1 aliphatic heterocycles. The molecule has 10 heteroatoms. The number of amides is 1. The number of aromatic nitrogens is 2. The number of carbonyl (C=O) groups is 1. The number of anilines is 1. The van der Waals surface area contributed by atoms with E-state index >= 15 is 0 Å². The number of nitrogens with zero attached hydrogens (tertiary/aromatic N) is 4. The fourth-order valence-electron chi connectivity index (χ4n) is 3.79. The third-order valence-corrected chi connectivity index (χ3v) is 7.48. The number of sulfonamides is 1. The van der Waals surface area contributed by atoms with E-state index in [0.29, 0.717) is 42.9 Å². The molecule has 2 heterocycles. The van der Waals surface area contributed by atoms with E-state index in [0.717, 1.165) is 6.54 Å². The van der Waals surface area contributed by atoms with E-state index in [1.54, 1.807) is 36.4 Å². The smallest absolute Gasteiger partial charge is 0.269 e. The number of likely N-dealkylation sites (N-methyl/N-ethyl adjacent to an activating group) is 1. The molecule has 0 saturated carbocycles. The van der Waals surface area contributed by atoms with Crippen LogP contribution in [0.1, 0.15) is 6.92 Å². The Hall–Kier alpha value is -3.08. The maximum Gasteiger partial charge on any atom is 0.269 e. The van der Waals surface area contributed by atoms with Crippen LogP contribution in [0.3, 0.4) is 0 Å². The van der Waals surface area contributed by atoms with Gasteiger partial charge < -0.3 is 10.2 Å². The van der Waals surface area contributed by atoms with Gasteiger partial charge in [0.25, 0.3) is 5.56 Å². The molecule has 0 bridgehead atoms. The number of piperazine rings is 1. The second-order valence-electron chi connectivity index (χ2n) is 7.59. The van der Waals surface area contributed by atoms with Crippen molar-refractivity contribution >= 4 is 32.7 Å². The minimum Gasteiger partial charge on any atom is -0.324 e. The first-order valence-corrected chi connectivity index (χ1v) is 11.9. The first-order valence-electron chi connectivity index (χ1n) is 10.5. The minimum absolute atomic E-state index is 0.131. The summed E-state index contributed by atoms with van der Waals surface area (Å²) in [7, 11) is -3.65. The van der Waals surface area contributed by atoms with E-state index in [9.17, 15) is 18.0 Å².